The summed E-state index contributed by atoms with van der Waals surface area (Å²) >= 11 is 0. The molecule has 0 spiro atoms. The Morgan fingerprint density at radius 1 is 1.06 bits per heavy atom. The van der Waals surface area contributed by atoms with Crippen LogP contribution < -0.4 is 5.30 Å². The van der Waals surface area contributed by atoms with Gasteiger partial charge in [-0.2, -0.15) is 0 Å². The van der Waals surface area contributed by atoms with Crippen molar-refractivity contribution in [2.75, 3.05) is 0 Å². The van der Waals surface area contributed by atoms with Gasteiger partial charge in [-0.1, -0.05) is 42.5 Å². The second-order valence-electron chi connectivity index (χ2n) is 4.04. The van der Waals surface area contributed by atoms with E-state index in [0.717, 1.165) is 16.4 Å². The van der Waals surface area contributed by atoms with Crippen LogP contribution in [-0.4, -0.2) is 5.11 Å². The van der Waals surface area contributed by atoms with Crippen LogP contribution in [0.15, 0.2) is 48.5 Å². The first-order valence-electron chi connectivity index (χ1n) is 5.54. The van der Waals surface area contributed by atoms with E-state index < -0.39 is 7.80 Å². The molecule has 0 saturated carbocycles. The summed E-state index contributed by atoms with van der Waals surface area (Å²) in [6.07, 6.45) is 0.419. The summed E-state index contributed by atoms with van der Waals surface area (Å²) in [6, 6.07) is 14.8. The highest BCUT2D eigenvalue weighted by Crippen LogP contribution is 2.31. The molecule has 0 amide bonds. The Morgan fingerprint density at radius 3 is 2.41 bits per heavy atom. The number of para-hydroxylation sites is 1. The number of benzene rings is 2. The van der Waals surface area contributed by atoms with Gasteiger partial charge in [-0.3, -0.25) is 0 Å². The van der Waals surface area contributed by atoms with Gasteiger partial charge in [0, 0.05) is 17.0 Å². The van der Waals surface area contributed by atoms with Crippen molar-refractivity contribution in [3.05, 3.63) is 59.7 Å². The van der Waals surface area contributed by atoms with Gasteiger partial charge in [0.25, 0.3) is 0 Å². The lowest BCUT2D eigenvalue weighted by atomic mass is 10.2. The second kappa shape index (κ2) is 5.20. The third kappa shape index (κ3) is 2.78. The van der Waals surface area contributed by atoms with Gasteiger partial charge in [0.2, 0.25) is 0 Å². The number of aromatic hydroxyl groups is 1. The third-order valence-electron chi connectivity index (χ3n) is 2.79. The Hall–Kier alpha value is -1.53. The van der Waals surface area contributed by atoms with Gasteiger partial charge in [0.1, 0.15) is 13.6 Å². The molecule has 2 rings (SSSR count). The first kappa shape index (κ1) is 11.9. The molecular formula is C14H15O2P. The number of aryl methyl sites for hydroxylation is 1. The Morgan fingerprint density at radius 2 is 1.71 bits per heavy atom. The molecule has 17 heavy (non-hydrogen) atoms. The van der Waals surface area contributed by atoms with Gasteiger partial charge < -0.3 is 9.67 Å². The van der Waals surface area contributed by atoms with E-state index in [1.165, 1.54) is 0 Å². The lowest BCUT2D eigenvalue weighted by Crippen LogP contribution is -2.01. The minimum Gasteiger partial charge on any atom is -0.508 e. The van der Waals surface area contributed by atoms with Crippen molar-refractivity contribution in [3.8, 4) is 5.75 Å². The predicted molar refractivity (Wildman–Crippen MR) is 71.6 cm³/mol. The minimum atomic E-state index is -1.88. The van der Waals surface area contributed by atoms with Crippen molar-refractivity contribution in [1.29, 1.82) is 0 Å². The first-order valence-corrected chi connectivity index (χ1v) is 7.15. The van der Waals surface area contributed by atoms with Crippen molar-refractivity contribution in [2.45, 2.75) is 13.1 Å². The minimum absolute atomic E-state index is 0.222. The van der Waals surface area contributed by atoms with Crippen molar-refractivity contribution in [3.63, 3.8) is 0 Å². The number of rotatable bonds is 3. The average molecular weight is 246 g/mol. The zero-order valence-electron chi connectivity index (χ0n) is 9.68. The predicted octanol–water partition coefficient (Wildman–Crippen LogP) is 3.09. The monoisotopic (exact) mass is 246 g/mol. The number of phenolic OH excluding ortho intramolecular Hbond substituents is 1. The zero-order valence-corrected chi connectivity index (χ0v) is 10.7. The van der Waals surface area contributed by atoms with Gasteiger partial charge in [-0.25, -0.2) is 0 Å². The van der Waals surface area contributed by atoms with Crippen LogP contribution in [0.4, 0.5) is 0 Å². The normalized spacial score (nSPS) is 12.3. The maximum absolute atomic E-state index is 12.3. The standard InChI is InChI=1S/C14H15O2P/c1-11-6-2-5-9-14(11)17(16)10-12-7-3-4-8-13(12)15/h2-9,15,17H,10H2,1H3. The molecule has 0 aliphatic heterocycles. The van der Waals surface area contributed by atoms with E-state index in [-0.39, 0.29) is 5.75 Å². The summed E-state index contributed by atoms with van der Waals surface area (Å²) in [6.45, 7) is 1.96. The Bertz CT molecular complexity index is 549. The fraction of sp³-hybridized carbons (Fsp3) is 0.143. The fourth-order valence-corrected chi connectivity index (χ4v) is 3.45. The molecule has 2 nitrogen and oxygen atoms in total. The highest BCUT2D eigenvalue weighted by Gasteiger charge is 2.09. The smallest absolute Gasteiger partial charge is 0.119 e. The van der Waals surface area contributed by atoms with E-state index in [9.17, 15) is 9.67 Å². The molecule has 0 aliphatic carbocycles. The third-order valence-corrected chi connectivity index (χ3v) is 4.65. The summed E-state index contributed by atoms with van der Waals surface area (Å²) in [5.41, 5.74) is 1.80. The van der Waals surface area contributed by atoms with Crippen molar-refractivity contribution >= 4 is 13.1 Å². The second-order valence-corrected chi connectivity index (χ2v) is 5.78. The molecule has 0 saturated heterocycles. The van der Waals surface area contributed by atoms with E-state index >= 15 is 0 Å². The van der Waals surface area contributed by atoms with E-state index in [4.69, 9.17) is 0 Å². The molecule has 0 bridgehead atoms. The number of hydrogen-bond donors (Lipinski definition) is 1. The molecule has 1 unspecified atom stereocenters. The molecule has 0 aliphatic rings. The highest BCUT2D eigenvalue weighted by atomic mass is 31.1. The van der Waals surface area contributed by atoms with E-state index in [1.54, 1.807) is 12.1 Å². The van der Waals surface area contributed by atoms with Crippen LogP contribution in [0, 0.1) is 6.92 Å². The van der Waals surface area contributed by atoms with Crippen LogP contribution in [0.2, 0.25) is 0 Å². The maximum atomic E-state index is 12.3. The fourth-order valence-electron chi connectivity index (χ4n) is 1.81. The lowest BCUT2D eigenvalue weighted by Gasteiger charge is -2.07. The summed E-state index contributed by atoms with van der Waals surface area (Å²) in [5, 5.41) is 10.6. The number of hydrogen-bond acceptors (Lipinski definition) is 2. The Labute approximate surface area is 102 Å². The van der Waals surface area contributed by atoms with Crippen LogP contribution >= 0.6 is 7.80 Å². The van der Waals surface area contributed by atoms with Gasteiger partial charge >= 0.3 is 0 Å². The summed E-state index contributed by atoms with van der Waals surface area (Å²) in [5.74, 6) is 0.222. The van der Waals surface area contributed by atoms with Gasteiger partial charge in [0.05, 0.1) is 0 Å². The molecule has 0 heterocycles. The Balaban J connectivity index is 2.24. The van der Waals surface area contributed by atoms with Crippen molar-refractivity contribution < 1.29 is 9.67 Å². The van der Waals surface area contributed by atoms with E-state index in [1.807, 2.05) is 43.3 Å². The molecule has 88 valence electrons. The summed E-state index contributed by atoms with van der Waals surface area (Å²) < 4.78 is 12.3. The molecule has 0 aromatic heterocycles. The van der Waals surface area contributed by atoms with E-state index in [0.29, 0.717) is 6.16 Å². The van der Waals surface area contributed by atoms with Crippen molar-refractivity contribution in [2.24, 2.45) is 0 Å². The van der Waals surface area contributed by atoms with Gasteiger partial charge in [-0.15, -0.1) is 0 Å². The van der Waals surface area contributed by atoms with Crippen LogP contribution in [0.25, 0.3) is 0 Å². The quantitative estimate of drug-likeness (QED) is 0.845. The molecule has 0 fully saturated rings. The molecule has 3 heteroatoms. The molecule has 0 radical (unpaired) electrons. The van der Waals surface area contributed by atoms with Crippen LogP contribution in [0.5, 0.6) is 5.75 Å². The first-order chi connectivity index (χ1) is 8.18. The Kier molecular flexibility index (Phi) is 3.65. The molecule has 2 aromatic rings. The number of phenols is 1. The summed E-state index contributed by atoms with van der Waals surface area (Å²) in [7, 11) is -1.88. The van der Waals surface area contributed by atoms with Gasteiger partial charge in [0.15, 0.2) is 0 Å². The lowest BCUT2D eigenvalue weighted by molar-refractivity contribution is 0.470. The molecular weight excluding hydrogens is 231 g/mol. The highest BCUT2D eigenvalue weighted by molar-refractivity contribution is 7.52. The van der Waals surface area contributed by atoms with Crippen LogP contribution in [0.1, 0.15) is 11.1 Å². The molecule has 1 atom stereocenters. The van der Waals surface area contributed by atoms with Crippen LogP contribution in [-0.2, 0) is 10.7 Å². The largest absolute Gasteiger partial charge is 0.508 e. The topological polar surface area (TPSA) is 37.3 Å². The average Bonchev–Trinajstić information content (AvgIpc) is 2.32. The molecule has 1 N–H and O–H groups in total. The van der Waals surface area contributed by atoms with Crippen LogP contribution in [0.3, 0.4) is 0 Å². The zero-order chi connectivity index (χ0) is 12.3. The molecule has 2 aromatic carbocycles. The van der Waals surface area contributed by atoms with Crippen molar-refractivity contribution in [1.82, 2.24) is 0 Å². The van der Waals surface area contributed by atoms with E-state index in [2.05, 4.69) is 0 Å². The van der Waals surface area contributed by atoms with Gasteiger partial charge in [-0.05, 0) is 18.6 Å². The summed E-state index contributed by atoms with van der Waals surface area (Å²) in [4.78, 5) is 0. The SMILES string of the molecule is Cc1ccccc1[PH](=O)Cc1ccccc1O. The maximum Gasteiger partial charge on any atom is 0.119 e.